The van der Waals surface area contributed by atoms with Crippen LogP contribution >= 0.6 is 0 Å². The van der Waals surface area contributed by atoms with Crippen molar-refractivity contribution in [1.29, 1.82) is 0 Å². The minimum absolute atomic E-state index is 0.0767. The van der Waals surface area contributed by atoms with Gasteiger partial charge in [-0.1, -0.05) is 0 Å². The molecular weight excluding hydrogens is 232 g/mol. The van der Waals surface area contributed by atoms with E-state index in [1.807, 2.05) is 16.7 Å². The second-order valence-corrected chi connectivity index (χ2v) is 4.27. The molecule has 2 N–H and O–H groups in total. The number of carboxylic acid groups (broad SMARTS) is 1. The first-order valence-electron chi connectivity index (χ1n) is 5.68. The summed E-state index contributed by atoms with van der Waals surface area (Å²) in [7, 11) is 0. The molecule has 92 valence electrons. The molecule has 3 heterocycles. The lowest BCUT2D eigenvalue weighted by Crippen LogP contribution is -2.25. The van der Waals surface area contributed by atoms with Gasteiger partial charge < -0.3 is 15.0 Å². The van der Waals surface area contributed by atoms with E-state index in [1.54, 1.807) is 18.6 Å². The highest BCUT2D eigenvalue weighted by molar-refractivity contribution is 5.85. The Bertz CT molecular complexity index is 579. The van der Waals surface area contributed by atoms with Crippen LogP contribution in [0.2, 0.25) is 0 Å². The van der Waals surface area contributed by atoms with E-state index in [1.165, 1.54) is 5.56 Å². The standard InChI is InChI=1S/C12H12N4O2/c17-11(18)10-7-16-6-9(5-14-12(16)15-10)8-1-3-13-4-2-8/h1-4,7,9H,5-6H2,(H,14,15)(H,17,18). The third kappa shape index (κ3) is 1.81. The molecule has 0 aromatic carbocycles. The number of imidazole rings is 1. The van der Waals surface area contributed by atoms with Crippen molar-refractivity contribution in [3.8, 4) is 0 Å². The third-order valence-electron chi connectivity index (χ3n) is 3.10. The Hall–Kier alpha value is -2.37. The maximum Gasteiger partial charge on any atom is 0.356 e. The summed E-state index contributed by atoms with van der Waals surface area (Å²) in [5, 5.41) is 12.1. The Kier molecular flexibility index (Phi) is 2.47. The fourth-order valence-corrected chi connectivity index (χ4v) is 2.17. The zero-order valence-electron chi connectivity index (χ0n) is 9.58. The topological polar surface area (TPSA) is 80.0 Å². The molecule has 0 bridgehead atoms. The highest BCUT2D eigenvalue weighted by Crippen LogP contribution is 2.24. The van der Waals surface area contributed by atoms with Crippen molar-refractivity contribution in [2.45, 2.75) is 12.5 Å². The number of anilines is 1. The predicted octanol–water partition coefficient (Wildman–Crippen LogP) is 1.19. The second kappa shape index (κ2) is 4.14. The summed E-state index contributed by atoms with van der Waals surface area (Å²) in [6.07, 6.45) is 5.10. The Balaban J connectivity index is 1.87. The largest absolute Gasteiger partial charge is 0.476 e. The van der Waals surface area contributed by atoms with Crippen LogP contribution in [0.1, 0.15) is 22.0 Å². The number of carboxylic acids is 1. The Morgan fingerprint density at radius 2 is 2.22 bits per heavy atom. The van der Waals surface area contributed by atoms with Gasteiger partial charge in [0.1, 0.15) is 0 Å². The molecule has 3 rings (SSSR count). The zero-order valence-corrected chi connectivity index (χ0v) is 9.58. The molecule has 1 aliphatic rings. The average molecular weight is 244 g/mol. The van der Waals surface area contributed by atoms with E-state index < -0.39 is 5.97 Å². The number of hydrogen-bond acceptors (Lipinski definition) is 4. The second-order valence-electron chi connectivity index (χ2n) is 4.27. The van der Waals surface area contributed by atoms with Crippen molar-refractivity contribution in [2.75, 3.05) is 11.9 Å². The molecule has 0 saturated heterocycles. The van der Waals surface area contributed by atoms with Gasteiger partial charge in [-0.2, -0.15) is 0 Å². The van der Waals surface area contributed by atoms with Crippen molar-refractivity contribution in [3.63, 3.8) is 0 Å². The van der Waals surface area contributed by atoms with Crippen LogP contribution in [0.3, 0.4) is 0 Å². The molecule has 0 radical (unpaired) electrons. The van der Waals surface area contributed by atoms with Crippen molar-refractivity contribution in [1.82, 2.24) is 14.5 Å². The number of aromatic carboxylic acids is 1. The molecule has 0 spiro atoms. The minimum Gasteiger partial charge on any atom is -0.476 e. The predicted molar refractivity (Wildman–Crippen MR) is 64.7 cm³/mol. The van der Waals surface area contributed by atoms with E-state index >= 15 is 0 Å². The molecule has 0 fully saturated rings. The van der Waals surface area contributed by atoms with Gasteiger partial charge in [0.2, 0.25) is 5.95 Å². The van der Waals surface area contributed by atoms with Crippen LogP contribution in [-0.2, 0) is 6.54 Å². The van der Waals surface area contributed by atoms with Crippen LogP contribution in [0.25, 0.3) is 0 Å². The number of rotatable bonds is 2. The number of carbonyl (C=O) groups is 1. The van der Waals surface area contributed by atoms with Crippen LogP contribution in [0.15, 0.2) is 30.7 Å². The molecule has 1 unspecified atom stereocenters. The van der Waals surface area contributed by atoms with Crippen LogP contribution in [-0.4, -0.2) is 32.2 Å². The summed E-state index contributed by atoms with van der Waals surface area (Å²) >= 11 is 0. The lowest BCUT2D eigenvalue weighted by Gasteiger charge is -2.25. The fraction of sp³-hybridized carbons (Fsp3) is 0.250. The van der Waals surface area contributed by atoms with Gasteiger partial charge in [-0.3, -0.25) is 4.98 Å². The molecule has 18 heavy (non-hydrogen) atoms. The van der Waals surface area contributed by atoms with Gasteiger partial charge in [0.05, 0.1) is 0 Å². The quantitative estimate of drug-likeness (QED) is 0.829. The lowest BCUT2D eigenvalue weighted by molar-refractivity contribution is 0.0691. The molecule has 1 atom stereocenters. The van der Waals surface area contributed by atoms with Gasteiger partial charge >= 0.3 is 5.97 Å². The van der Waals surface area contributed by atoms with Crippen LogP contribution in [0.4, 0.5) is 5.95 Å². The SMILES string of the molecule is O=C(O)c1cn2c(n1)NCC(c1ccncc1)C2. The van der Waals surface area contributed by atoms with Crippen LogP contribution in [0, 0.1) is 0 Å². The first kappa shape index (κ1) is 10.8. The molecule has 0 aliphatic carbocycles. The maximum absolute atomic E-state index is 10.9. The van der Waals surface area contributed by atoms with E-state index in [2.05, 4.69) is 15.3 Å². The lowest BCUT2D eigenvalue weighted by atomic mass is 9.99. The van der Waals surface area contributed by atoms with Gasteiger partial charge in [0.25, 0.3) is 0 Å². The number of fused-ring (bicyclic) bond motifs is 1. The number of pyridine rings is 1. The van der Waals surface area contributed by atoms with Crippen molar-refractivity contribution < 1.29 is 9.90 Å². The first-order chi connectivity index (χ1) is 8.74. The van der Waals surface area contributed by atoms with Crippen LogP contribution in [0.5, 0.6) is 0 Å². The summed E-state index contributed by atoms with van der Waals surface area (Å²) in [6.45, 7) is 1.48. The van der Waals surface area contributed by atoms with E-state index in [0.717, 1.165) is 13.1 Å². The summed E-state index contributed by atoms with van der Waals surface area (Å²) in [5.74, 6) is -0.0757. The minimum atomic E-state index is -1.00. The zero-order chi connectivity index (χ0) is 12.5. The van der Waals surface area contributed by atoms with E-state index in [9.17, 15) is 4.79 Å². The van der Waals surface area contributed by atoms with Crippen LogP contribution < -0.4 is 5.32 Å². The van der Waals surface area contributed by atoms with E-state index in [-0.39, 0.29) is 5.69 Å². The van der Waals surface area contributed by atoms with Gasteiger partial charge in [-0.15, -0.1) is 0 Å². The van der Waals surface area contributed by atoms with Gasteiger partial charge in [0, 0.05) is 37.6 Å². The molecule has 0 amide bonds. The van der Waals surface area contributed by atoms with Gasteiger partial charge in [-0.25, -0.2) is 9.78 Å². The fourth-order valence-electron chi connectivity index (χ4n) is 2.17. The van der Waals surface area contributed by atoms with E-state index in [4.69, 9.17) is 5.11 Å². The normalized spacial score (nSPS) is 17.9. The van der Waals surface area contributed by atoms with E-state index in [0.29, 0.717) is 11.9 Å². The molecule has 1 aliphatic heterocycles. The van der Waals surface area contributed by atoms with Gasteiger partial charge in [-0.05, 0) is 17.7 Å². The Labute approximate surface area is 103 Å². The number of nitrogens with zero attached hydrogens (tertiary/aromatic N) is 3. The third-order valence-corrected chi connectivity index (χ3v) is 3.10. The summed E-state index contributed by atoms with van der Waals surface area (Å²) in [4.78, 5) is 18.9. The summed E-state index contributed by atoms with van der Waals surface area (Å²) < 4.78 is 1.85. The highest BCUT2D eigenvalue weighted by atomic mass is 16.4. The first-order valence-corrected chi connectivity index (χ1v) is 5.68. The number of aromatic nitrogens is 3. The summed E-state index contributed by atoms with van der Waals surface area (Å²) in [6, 6.07) is 3.96. The molecule has 0 saturated carbocycles. The maximum atomic E-state index is 10.9. The van der Waals surface area contributed by atoms with Crippen molar-refractivity contribution >= 4 is 11.9 Å². The molecule has 6 nitrogen and oxygen atoms in total. The van der Waals surface area contributed by atoms with Crippen molar-refractivity contribution in [2.24, 2.45) is 0 Å². The smallest absolute Gasteiger partial charge is 0.356 e. The number of hydrogen-bond donors (Lipinski definition) is 2. The van der Waals surface area contributed by atoms with Crippen molar-refractivity contribution in [3.05, 3.63) is 42.0 Å². The monoisotopic (exact) mass is 244 g/mol. The average Bonchev–Trinajstić information content (AvgIpc) is 2.82. The summed E-state index contributed by atoms with van der Waals surface area (Å²) in [5.41, 5.74) is 1.27. The molecule has 2 aromatic rings. The number of nitrogens with one attached hydrogen (secondary N) is 1. The van der Waals surface area contributed by atoms with Gasteiger partial charge in [0.15, 0.2) is 5.69 Å². The Morgan fingerprint density at radius 1 is 1.44 bits per heavy atom. The molecular formula is C12H12N4O2. The molecule has 6 heteroatoms. The highest BCUT2D eigenvalue weighted by Gasteiger charge is 2.22. The Morgan fingerprint density at radius 3 is 2.94 bits per heavy atom. The molecule has 2 aromatic heterocycles.